The standard InChI is InChI=1S/C56H62N4O/c1-35(2)41-22-19-23-42(36(3)4)51(41)37-28-29-45-43(31-37)52(38-20-18-21-39(30-38)54(5,6)7)57-60(45)49-27-17-16-26-48(49)58-34-59(47-25-15-14-24-46(47)58)50-33-40(55(8,9)10)32-44(53(50)61)56(11,12)13/h14-33,35-36,61H,1-13H3. The molecule has 0 saturated carbocycles. The maximum Gasteiger partial charge on any atom is 0.270 e. The van der Waals surface area contributed by atoms with Gasteiger partial charge in [0.15, 0.2) is 0 Å². The molecule has 0 atom stereocenters. The van der Waals surface area contributed by atoms with Crippen LogP contribution < -0.4 is 4.57 Å². The Morgan fingerprint density at radius 1 is 0.574 bits per heavy atom. The van der Waals surface area contributed by atoms with Crippen molar-refractivity contribution in [1.82, 2.24) is 14.3 Å². The Morgan fingerprint density at radius 2 is 1.21 bits per heavy atom. The van der Waals surface area contributed by atoms with Crippen molar-refractivity contribution in [1.29, 1.82) is 0 Å². The molecule has 2 aromatic heterocycles. The molecule has 0 saturated heterocycles. The van der Waals surface area contributed by atoms with Gasteiger partial charge in [0.05, 0.1) is 27.9 Å². The lowest BCUT2D eigenvalue weighted by Gasteiger charge is -2.27. The summed E-state index contributed by atoms with van der Waals surface area (Å²) in [5.41, 5.74) is 15.7. The molecule has 0 aliphatic carbocycles. The monoisotopic (exact) mass is 806 g/mol. The third kappa shape index (κ3) is 7.58. The fourth-order valence-corrected chi connectivity index (χ4v) is 8.73. The van der Waals surface area contributed by atoms with Gasteiger partial charge in [-0.1, -0.05) is 175 Å². The summed E-state index contributed by atoms with van der Waals surface area (Å²) in [4.78, 5) is 0. The highest BCUT2D eigenvalue weighted by Crippen LogP contribution is 2.42. The van der Waals surface area contributed by atoms with Crippen LogP contribution in [0.3, 0.4) is 0 Å². The fourth-order valence-electron chi connectivity index (χ4n) is 8.73. The van der Waals surface area contributed by atoms with E-state index in [1.54, 1.807) is 0 Å². The average molecular weight is 807 g/mol. The van der Waals surface area contributed by atoms with E-state index in [2.05, 4.69) is 227 Å². The smallest absolute Gasteiger partial charge is 0.270 e. The highest BCUT2D eigenvalue weighted by atomic mass is 16.3. The molecule has 5 nitrogen and oxygen atoms in total. The number of imidazole rings is 1. The summed E-state index contributed by atoms with van der Waals surface area (Å²) in [5.74, 6) is 1.01. The Bertz CT molecular complexity index is 2910. The van der Waals surface area contributed by atoms with Crippen molar-refractivity contribution in [3.63, 3.8) is 0 Å². The summed E-state index contributed by atoms with van der Waals surface area (Å²) in [6.07, 6.45) is 3.74. The Labute approximate surface area is 363 Å². The molecule has 0 radical (unpaired) electrons. The molecule has 0 unspecified atom stereocenters. The summed E-state index contributed by atoms with van der Waals surface area (Å²) in [6, 6.07) is 43.7. The van der Waals surface area contributed by atoms with Crippen LogP contribution in [0.15, 0.2) is 121 Å². The van der Waals surface area contributed by atoms with Crippen molar-refractivity contribution in [2.24, 2.45) is 0 Å². The quantitative estimate of drug-likeness (QED) is 0.129. The molecule has 0 aliphatic heterocycles. The third-order valence-electron chi connectivity index (χ3n) is 12.3. The number of rotatable bonds is 7. The molecule has 0 bridgehead atoms. The molecule has 1 N–H and O–H groups in total. The largest absolute Gasteiger partial charge is 0.511 e. The number of hydrogen-bond acceptors (Lipinski definition) is 2. The topological polar surface area (TPSA) is 46.9 Å². The van der Waals surface area contributed by atoms with Crippen molar-refractivity contribution < 1.29 is 9.67 Å². The van der Waals surface area contributed by atoms with E-state index in [0.29, 0.717) is 17.5 Å². The second-order valence-electron chi connectivity index (χ2n) is 20.6. The third-order valence-corrected chi connectivity index (χ3v) is 12.3. The number of hydrogen-bond donors (Lipinski definition) is 1. The predicted molar refractivity (Wildman–Crippen MR) is 255 cm³/mol. The van der Waals surface area contributed by atoms with Crippen LogP contribution in [0, 0.1) is 6.33 Å². The molecule has 8 rings (SSSR count). The first-order valence-electron chi connectivity index (χ1n) is 21.9. The summed E-state index contributed by atoms with van der Waals surface area (Å²) in [6.45, 7) is 29.1. The maximum absolute atomic E-state index is 12.1. The van der Waals surface area contributed by atoms with Gasteiger partial charge < -0.3 is 5.11 Å². The Morgan fingerprint density at radius 3 is 1.87 bits per heavy atom. The van der Waals surface area contributed by atoms with E-state index in [1.807, 2.05) is 4.57 Å². The normalized spacial score (nSPS) is 12.7. The first-order valence-corrected chi connectivity index (χ1v) is 21.9. The van der Waals surface area contributed by atoms with Crippen molar-refractivity contribution in [2.75, 3.05) is 0 Å². The zero-order chi connectivity index (χ0) is 43.8. The van der Waals surface area contributed by atoms with Gasteiger partial charge in [0.2, 0.25) is 0 Å². The van der Waals surface area contributed by atoms with Crippen molar-refractivity contribution in [3.8, 4) is 45.2 Å². The average Bonchev–Trinajstić information content (AvgIpc) is 3.78. The van der Waals surface area contributed by atoms with Crippen LogP contribution in [0.4, 0.5) is 0 Å². The highest BCUT2D eigenvalue weighted by molar-refractivity contribution is 5.98. The maximum atomic E-state index is 12.1. The Hall–Kier alpha value is -5.94. The minimum Gasteiger partial charge on any atom is -0.511 e. The molecule has 61 heavy (non-hydrogen) atoms. The van der Waals surface area contributed by atoms with Crippen LogP contribution in [0.2, 0.25) is 0 Å². The number of aromatic hydroxyl groups is 1. The SMILES string of the molecule is CC(C)c1cccc(C(C)C)c1-c1ccc2c(c1)c(-c1cccc(C(C)(C)C)c1)nn2-c1ccccc1-[n+]1[c-]n(-c2cc(C(C)(C)C)cc(C(C)(C)C)c2O)c2ccccc21. The second-order valence-corrected chi connectivity index (χ2v) is 20.6. The van der Waals surface area contributed by atoms with Crippen molar-refractivity contribution >= 4 is 21.9 Å². The van der Waals surface area contributed by atoms with Crippen LogP contribution in [0.5, 0.6) is 5.75 Å². The first-order chi connectivity index (χ1) is 28.7. The minimum absolute atomic E-state index is 0.0241. The predicted octanol–water partition coefficient (Wildman–Crippen LogP) is 14.2. The second kappa shape index (κ2) is 15.2. The molecule has 5 heteroatoms. The molecular formula is C56H62N4O. The molecule has 6 aromatic carbocycles. The molecule has 0 spiro atoms. The molecule has 312 valence electrons. The summed E-state index contributed by atoms with van der Waals surface area (Å²) < 4.78 is 6.27. The lowest BCUT2D eigenvalue weighted by molar-refractivity contribution is -0.572. The van der Waals surface area contributed by atoms with E-state index in [0.717, 1.165) is 55.7 Å². The van der Waals surface area contributed by atoms with Crippen molar-refractivity contribution in [3.05, 3.63) is 155 Å². The van der Waals surface area contributed by atoms with Crippen LogP contribution >= 0.6 is 0 Å². The van der Waals surface area contributed by atoms with Crippen LogP contribution in [-0.4, -0.2) is 19.5 Å². The van der Waals surface area contributed by atoms with Gasteiger partial charge in [0.25, 0.3) is 6.33 Å². The van der Waals surface area contributed by atoms with E-state index in [-0.39, 0.29) is 22.0 Å². The Balaban J connectivity index is 1.40. The zero-order valence-corrected chi connectivity index (χ0v) is 38.4. The van der Waals surface area contributed by atoms with E-state index in [1.165, 1.54) is 27.8 Å². The van der Waals surface area contributed by atoms with Gasteiger partial charge in [-0.3, -0.25) is 9.13 Å². The molecular weight excluding hydrogens is 745 g/mol. The van der Waals surface area contributed by atoms with E-state index in [4.69, 9.17) is 5.10 Å². The Kier molecular flexibility index (Phi) is 10.4. The van der Waals surface area contributed by atoms with Gasteiger partial charge in [0.1, 0.15) is 17.1 Å². The van der Waals surface area contributed by atoms with Gasteiger partial charge in [-0.2, -0.15) is 5.10 Å². The number of nitrogens with zero attached hydrogens (tertiary/aromatic N) is 4. The fraction of sp³-hybridized carbons (Fsp3) is 0.321. The minimum atomic E-state index is -0.274. The van der Waals surface area contributed by atoms with Crippen LogP contribution in [-0.2, 0) is 16.2 Å². The number of phenolic OH excluding ortho intramolecular Hbond substituents is 1. The van der Waals surface area contributed by atoms with E-state index in [9.17, 15) is 5.11 Å². The number of phenols is 1. The summed E-state index contributed by atoms with van der Waals surface area (Å²) >= 11 is 0. The van der Waals surface area contributed by atoms with E-state index >= 15 is 0 Å². The van der Waals surface area contributed by atoms with Gasteiger partial charge >= 0.3 is 0 Å². The zero-order valence-electron chi connectivity index (χ0n) is 38.4. The first kappa shape index (κ1) is 41.8. The number of benzene rings is 6. The van der Waals surface area contributed by atoms with Gasteiger partial charge in [-0.25, -0.2) is 4.68 Å². The summed E-state index contributed by atoms with van der Waals surface area (Å²) in [7, 11) is 0. The van der Waals surface area contributed by atoms with Crippen LogP contribution in [0.25, 0.3) is 61.4 Å². The van der Waals surface area contributed by atoms with Gasteiger partial charge in [-0.05, 0) is 103 Å². The van der Waals surface area contributed by atoms with Gasteiger partial charge in [-0.15, -0.1) is 0 Å². The molecule has 8 aromatic rings. The van der Waals surface area contributed by atoms with Crippen LogP contribution in [0.1, 0.15) is 130 Å². The summed E-state index contributed by atoms with van der Waals surface area (Å²) in [5, 5.41) is 18.7. The number of fused-ring (bicyclic) bond motifs is 2. The van der Waals surface area contributed by atoms with E-state index < -0.39 is 0 Å². The lowest BCUT2D eigenvalue weighted by atomic mass is 9.79. The highest BCUT2D eigenvalue weighted by Gasteiger charge is 2.28. The molecule has 0 amide bonds. The number of aromatic nitrogens is 4. The molecule has 2 heterocycles. The number of para-hydroxylation sites is 4. The lowest BCUT2D eigenvalue weighted by Crippen LogP contribution is -2.31. The van der Waals surface area contributed by atoms with Crippen molar-refractivity contribution in [2.45, 2.75) is 118 Å². The molecule has 0 fully saturated rings. The molecule has 0 aliphatic rings. The van der Waals surface area contributed by atoms with Gasteiger partial charge in [0, 0.05) is 10.9 Å².